The van der Waals surface area contributed by atoms with Gasteiger partial charge < -0.3 is 10.6 Å². The van der Waals surface area contributed by atoms with Gasteiger partial charge in [-0.15, -0.1) is 0 Å². The second-order valence-corrected chi connectivity index (χ2v) is 4.78. The lowest BCUT2D eigenvalue weighted by Crippen LogP contribution is -2.21. The van der Waals surface area contributed by atoms with Crippen LogP contribution in [-0.4, -0.2) is 54.8 Å². The number of hydrogen-bond donors (Lipinski definition) is 2. The molecular weight excluding hydrogens is 264 g/mol. The van der Waals surface area contributed by atoms with Crippen molar-refractivity contribution in [3.8, 4) is 5.95 Å². The van der Waals surface area contributed by atoms with E-state index in [4.69, 9.17) is 0 Å². The molecule has 2 aromatic rings. The van der Waals surface area contributed by atoms with Crippen LogP contribution in [0.25, 0.3) is 5.95 Å². The van der Waals surface area contributed by atoms with Gasteiger partial charge in [0.2, 0.25) is 11.9 Å². The van der Waals surface area contributed by atoms with Gasteiger partial charge in [0.05, 0.1) is 0 Å². The number of hydrogen-bond acceptors (Lipinski definition) is 8. The van der Waals surface area contributed by atoms with Crippen LogP contribution in [0.1, 0.15) is 6.92 Å². The Labute approximate surface area is 115 Å². The van der Waals surface area contributed by atoms with Gasteiger partial charge in [-0.25, -0.2) is 4.98 Å². The summed E-state index contributed by atoms with van der Waals surface area (Å²) in [5.41, 5.74) is 0. The molecule has 2 heterocycles. The molecule has 0 aliphatic heterocycles. The van der Waals surface area contributed by atoms with Gasteiger partial charge in [0, 0.05) is 18.8 Å². The van der Waals surface area contributed by atoms with Crippen molar-refractivity contribution in [3.63, 3.8) is 0 Å². The Morgan fingerprint density at radius 2 is 2.11 bits per heavy atom. The van der Waals surface area contributed by atoms with Crippen LogP contribution in [0, 0.1) is 0 Å². The normalized spacial score (nSPS) is 12.2. The summed E-state index contributed by atoms with van der Waals surface area (Å²) >= 11 is 1.76. The Morgan fingerprint density at radius 3 is 2.74 bits per heavy atom. The number of rotatable bonds is 6. The van der Waals surface area contributed by atoms with Crippen LogP contribution < -0.4 is 10.6 Å². The Hall–Kier alpha value is -1.90. The molecule has 0 saturated carbocycles. The maximum atomic E-state index is 4.32. The van der Waals surface area contributed by atoms with Gasteiger partial charge in [0.1, 0.15) is 12.7 Å². The minimum atomic E-state index is 0.269. The van der Waals surface area contributed by atoms with Gasteiger partial charge >= 0.3 is 0 Å². The summed E-state index contributed by atoms with van der Waals surface area (Å²) in [7, 11) is 1.76. The molecule has 0 bridgehead atoms. The van der Waals surface area contributed by atoms with Crippen molar-refractivity contribution in [2.75, 3.05) is 29.7 Å². The summed E-state index contributed by atoms with van der Waals surface area (Å²) in [6.45, 7) is 2.08. The third-order valence-electron chi connectivity index (χ3n) is 2.26. The highest BCUT2D eigenvalue weighted by molar-refractivity contribution is 7.98. The van der Waals surface area contributed by atoms with E-state index >= 15 is 0 Å². The minimum Gasteiger partial charge on any atom is -0.357 e. The van der Waals surface area contributed by atoms with Gasteiger partial charge in [0.15, 0.2) is 0 Å². The lowest BCUT2D eigenvalue weighted by Gasteiger charge is -2.13. The highest BCUT2D eigenvalue weighted by Gasteiger charge is 2.10. The van der Waals surface area contributed by atoms with Crippen LogP contribution >= 0.6 is 11.8 Å². The van der Waals surface area contributed by atoms with Crippen molar-refractivity contribution in [1.29, 1.82) is 0 Å². The summed E-state index contributed by atoms with van der Waals surface area (Å²) in [5.74, 6) is 2.40. The zero-order valence-electron chi connectivity index (χ0n) is 11.0. The number of aromatic nitrogens is 6. The molecule has 2 aromatic heterocycles. The predicted octanol–water partition coefficient (Wildman–Crippen LogP) is 0.657. The molecule has 0 aliphatic rings. The monoisotopic (exact) mass is 280 g/mol. The molecule has 2 N–H and O–H groups in total. The molecule has 0 saturated heterocycles. The van der Waals surface area contributed by atoms with Gasteiger partial charge in [-0.05, 0) is 13.2 Å². The molecule has 102 valence electrons. The van der Waals surface area contributed by atoms with Crippen LogP contribution in [0.2, 0.25) is 0 Å². The third kappa shape index (κ3) is 3.53. The molecule has 0 spiro atoms. The van der Waals surface area contributed by atoms with Crippen molar-refractivity contribution in [2.45, 2.75) is 13.0 Å². The second kappa shape index (κ2) is 6.32. The first-order chi connectivity index (χ1) is 9.22. The first-order valence-electron chi connectivity index (χ1n) is 5.77. The molecule has 1 atom stereocenters. The first kappa shape index (κ1) is 13.5. The van der Waals surface area contributed by atoms with Crippen LogP contribution in [0.15, 0.2) is 12.7 Å². The molecule has 9 heteroatoms. The summed E-state index contributed by atoms with van der Waals surface area (Å²) in [4.78, 5) is 16.7. The van der Waals surface area contributed by atoms with E-state index in [0.717, 1.165) is 5.75 Å². The fourth-order valence-corrected chi connectivity index (χ4v) is 2.05. The van der Waals surface area contributed by atoms with Crippen LogP contribution in [0.3, 0.4) is 0 Å². The third-order valence-corrected chi connectivity index (χ3v) is 3.10. The highest BCUT2D eigenvalue weighted by Crippen LogP contribution is 2.10. The van der Waals surface area contributed by atoms with E-state index in [1.807, 2.05) is 0 Å². The zero-order valence-corrected chi connectivity index (χ0v) is 11.8. The van der Waals surface area contributed by atoms with E-state index < -0.39 is 0 Å². The maximum Gasteiger partial charge on any atom is 0.258 e. The molecular formula is C10H16N8S. The molecule has 0 radical (unpaired) electrons. The zero-order chi connectivity index (χ0) is 13.7. The van der Waals surface area contributed by atoms with E-state index in [1.165, 1.54) is 11.0 Å². The summed E-state index contributed by atoms with van der Waals surface area (Å²) in [5, 5.41) is 10.2. The van der Waals surface area contributed by atoms with Crippen LogP contribution in [0.4, 0.5) is 11.9 Å². The van der Waals surface area contributed by atoms with Crippen molar-refractivity contribution < 1.29 is 0 Å². The number of nitrogens with zero attached hydrogens (tertiary/aromatic N) is 6. The lowest BCUT2D eigenvalue weighted by atomic mass is 10.4. The van der Waals surface area contributed by atoms with E-state index in [9.17, 15) is 0 Å². The van der Waals surface area contributed by atoms with Crippen LogP contribution in [0.5, 0.6) is 0 Å². The average Bonchev–Trinajstić information content (AvgIpc) is 2.92. The average molecular weight is 280 g/mol. The van der Waals surface area contributed by atoms with E-state index in [2.05, 4.69) is 48.8 Å². The van der Waals surface area contributed by atoms with E-state index in [-0.39, 0.29) is 6.04 Å². The summed E-state index contributed by atoms with van der Waals surface area (Å²) < 4.78 is 1.49. The Bertz CT molecular complexity index is 514. The number of anilines is 2. The van der Waals surface area contributed by atoms with Gasteiger partial charge in [-0.1, -0.05) is 0 Å². The van der Waals surface area contributed by atoms with Crippen molar-refractivity contribution >= 4 is 23.7 Å². The van der Waals surface area contributed by atoms with Crippen molar-refractivity contribution in [2.24, 2.45) is 0 Å². The molecule has 1 unspecified atom stereocenters. The maximum absolute atomic E-state index is 4.32. The first-order valence-corrected chi connectivity index (χ1v) is 7.16. The largest absolute Gasteiger partial charge is 0.357 e. The molecule has 0 fully saturated rings. The molecule has 2 rings (SSSR count). The lowest BCUT2D eigenvalue weighted by molar-refractivity contribution is 0.788. The Balaban J connectivity index is 2.26. The molecule has 0 aliphatic carbocycles. The quantitative estimate of drug-likeness (QED) is 0.797. The molecule has 19 heavy (non-hydrogen) atoms. The van der Waals surface area contributed by atoms with Crippen molar-refractivity contribution in [3.05, 3.63) is 12.7 Å². The fourth-order valence-electron chi connectivity index (χ4n) is 1.47. The smallest absolute Gasteiger partial charge is 0.258 e. The van der Waals surface area contributed by atoms with Crippen LogP contribution in [-0.2, 0) is 0 Å². The fraction of sp³-hybridized carbons (Fsp3) is 0.500. The van der Waals surface area contributed by atoms with Gasteiger partial charge in [-0.3, -0.25) is 0 Å². The molecule has 8 nitrogen and oxygen atoms in total. The summed E-state index contributed by atoms with van der Waals surface area (Å²) in [6, 6.07) is 0.269. The topological polar surface area (TPSA) is 93.4 Å². The molecule has 0 aromatic carbocycles. The number of nitrogens with one attached hydrogen (secondary N) is 2. The standard InChI is InChI=1S/C10H16N8S/c1-7(4-19-3)14-9-15-8(11-2)16-10(17-9)18-6-12-5-13-18/h5-7H,4H2,1-3H3,(H2,11,14,15,16,17). The number of thioether (sulfide) groups is 1. The molecule has 0 amide bonds. The van der Waals surface area contributed by atoms with E-state index in [1.54, 1.807) is 25.1 Å². The predicted molar refractivity (Wildman–Crippen MR) is 75.8 cm³/mol. The SMILES string of the molecule is CNc1nc(NC(C)CSC)nc(-n2cncn2)n1. The van der Waals surface area contributed by atoms with E-state index in [0.29, 0.717) is 17.8 Å². The second-order valence-electron chi connectivity index (χ2n) is 3.87. The summed E-state index contributed by atoms with van der Waals surface area (Å²) in [6.07, 6.45) is 5.04. The minimum absolute atomic E-state index is 0.269. The Kier molecular flexibility index (Phi) is 4.50. The highest BCUT2D eigenvalue weighted by atomic mass is 32.2. The van der Waals surface area contributed by atoms with Crippen molar-refractivity contribution in [1.82, 2.24) is 29.7 Å². The Morgan fingerprint density at radius 1 is 1.32 bits per heavy atom. The van der Waals surface area contributed by atoms with Gasteiger partial charge in [0.25, 0.3) is 5.95 Å². The van der Waals surface area contributed by atoms with Gasteiger partial charge in [-0.2, -0.15) is 36.5 Å².